The zero-order valence-corrected chi connectivity index (χ0v) is 17.1. The normalized spacial score (nSPS) is 25.5. The SMILES string of the molecule is N#Cc1ccc(C2CCC(O)(C(O)CC3c4c(F)cccc4-c4cncn43)CC2)cc1. The van der Waals surface area contributed by atoms with Gasteiger partial charge in [-0.1, -0.05) is 24.3 Å². The maximum Gasteiger partial charge on any atom is 0.129 e. The standard InChI is InChI=1S/C25H24FN3O2/c26-20-3-1-2-19-22-14-28-15-29(22)21(24(19)20)12-23(30)25(31)10-8-18(9-11-25)17-6-4-16(13-27)5-7-17/h1-7,14-15,18,21,23,30-31H,8-12H2. The Labute approximate surface area is 180 Å². The number of aromatic nitrogens is 2. The van der Waals surface area contributed by atoms with Gasteiger partial charge in [-0.15, -0.1) is 0 Å². The number of rotatable bonds is 4. The topological polar surface area (TPSA) is 82.1 Å². The summed E-state index contributed by atoms with van der Waals surface area (Å²) in [6, 6.07) is 14.3. The van der Waals surface area contributed by atoms with Gasteiger partial charge in [0.15, 0.2) is 0 Å². The third-order valence-corrected chi connectivity index (χ3v) is 7.09. The number of hydrogen-bond donors (Lipinski definition) is 2. The molecule has 2 N–H and O–H groups in total. The zero-order chi connectivity index (χ0) is 21.6. The minimum absolute atomic E-state index is 0.231. The van der Waals surface area contributed by atoms with Gasteiger partial charge in [0.05, 0.1) is 47.6 Å². The van der Waals surface area contributed by atoms with Crippen molar-refractivity contribution in [2.45, 2.75) is 55.8 Å². The number of nitrogens with zero attached hydrogens (tertiary/aromatic N) is 3. The fourth-order valence-electron chi connectivity index (χ4n) is 5.28. The molecule has 6 heteroatoms. The number of imidazole rings is 1. The van der Waals surface area contributed by atoms with Gasteiger partial charge in [-0.3, -0.25) is 0 Å². The molecule has 0 bridgehead atoms. The number of halogens is 1. The summed E-state index contributed by atoms with van der Waals surface area (Å²) in [5, 5.41) is 31.3. The van der Waals surface area contributed by atoms with Crippen LogP contribution < -0.4 is 0 Å². The molecule has 2 unspecified atom stereocenters. The van der Waals surface area contributed by atoms with Crippen LogP contribution in [0.15, 0.2) is 55.0 Å². The molecule has 3 aromatic rings. The number of aliphatic hydroxyl groups is 2. The minimum Gasteiger partial charge on any atom is -0.390 e. The first kappa shape index (κ1) is 19.9. The predicted octanol–water partition coefficient (Wildman–Crippen LogP) is 4.30. The van der Waals surface area contributed by atoms with Crippen LogP contribution in [0.3, 0.4) is 0 Å². The molecule has 1 fully saturated rings. The molecule has 0 amide bonds. The van der Waals surface area contributed by atoms with Crippen molar-refractivity contribution in [3.63, 3.8) is 0 Å². The summed E-state index contributed by atoms with van der Waals surface area (Å²) in [6.45, 7) is 0. The third-order valence-electron chi connectivity index (χ3n) is 7.09. The summed E-state index contributed by atoms with van der Waals surface area (Å²) in [6.07, 6.45) is 5.10. The average molecular weight is 417 g/mol. The van der Waals surface area contributed by atoms with E-state index in [1.807, 2.05) is 34.9 Å². The number of nitriles is 1. The monoisotopic (exact) mass is 417 g/mol. The third kappa shape index (κ3) is 3.34. The van der Waals surface area contributed by atoms with Gasteiger partial charge in [-0.2, -0.15) is 5.26 Å². The van der Waals surface area contributed by atoms with Crippen molar-refractivity contribution in [2.75, 3.05) is 0 Å². The van der Waals surface area contributed by atoms with E-state index in [-0.39, 0.29) is 18.3 Å². The Morgan fingerprint density at radius 1 is 1.19 bits per heavy atom. The highest BCUT2D eigenvalue weighted by atomic mass is 19.1. The molecule has 158 valence electrons. The molecular formula is C25H24FN3O2. The van der Waals surface area contributed by atoms with E-state index in [0.29, 0.717) is 29.9 Å². The Balaban J connectivity index is 1.31. The van der Waals surface area contributed by atoms with E-state index < -0.39 is 11.7 Å². The van der Waals surface area contributed by atoms with E-state index in [2.05, 4.69) is 11.1 Å². The molecule has 0 spiro atoms. The molecule has 5 nitrogen and oxygen atoms in total. The van der Waals surface area contributed by atoms with Crippen LogP contribution in [0.2, 0.25) is 0 Å². The lowest BCUT2D eigenvalue weighted by Crippen LogP contribution is -2.46. The quantitative estimate of drug-likeness (QED) is 0.663. The molecule has 31 heavy (non-hydrogen) atoms. The Kier molecular flexibility index (Phi) is 4.88. The number of benzene rings is 2. The maximum atomic E-state index is 14.7. The van der Waals surface area contributed by atoms with Crippen LogP contribution in [0.4, 0.5) is 4.39 Å². The molecule has 2 aromatic carbocycles. The smallest absolute Gasteiger partial charge is 0.129 e. The van der Waals surface area contributed by atoms with Crippen molar-refractivity contribution in [3.8, 4) is 17.3 Å². The lowest BCUT2D eigenvalue weighted by Gasteiger charge is -2.40. The molecular weight excluding hydrogens is 393 g/mol. The van der Waals surface area contributed by atoms with E-state index in [1.54, 1.807) is 18.6 Å². The van der Waals surface area contributed by atoms with Crippen LogP contribution >= 0.6 is 0 Å². The molecule has 0 saturated heterocycles. The summed E-state index contributed by atoms with van der Waals surface area (Å²) in [7, 11) is 0. The summed E-state index contributed by atoms with van der Waals surface area (Å²) in [5.41, 5.74) is 2.79. The van der Waals surface area contributed by atoms with E-state index in [0.717, 1.165) is 29.7 Å². The molecule has 2 atom stereocenters. The first-order valence-corrected chi connectivity index (χ1v) is 10.7. The Bertz CT molecular complexity index is 1140. The van der Waals surface area contributed by atoms with Crippen molar-refractivity contribution in [3.05, 3.63) is 77.5 Å². The van der Waals surface area contributed by atoms with Crippen LogP contribution in [-0.2, 0) is 0 Å². The van der Waals surface area contributed by atoms with Gasteiger partial charge in [0.1, 0.15) is 5.82 Å². The lowest BCUT2D eigenvalue weighted by molar-refractivity contribution is -0.105. The maximum absolute atomic E-state index is 14.7. The van der Waals surface area contributed by atoms with E-state index in [4.69, 9.17) is 5.26 Å². The van der Waals surface area contributed by atoms with E-state index in [1.165, 1.54) is 6.07 Å². The fourth-order valence-corrected chi connectivity index (χ4v) is 5.28. The average Bonchev–Trinajstić information content (AvgIpc) is 3.38. The van der Waals surface area contributed by atoms with Gasteiger partial charge < -0.3 is 14.8 Å². The molecule has 2 heterocycles. The highest BCUT2D eigenvalue weighted by Gasteiger charge is 2.43. The van der Waals surface area contributed by atoms with Crippen molar-refractivity contribution in [2.24, 2.45) is 0 Å². The number of fused-ring (bicyclic) bond motifs is 3. The van der Waals surface area contributed by atoms with Gasteiger partial charge in [-0.25, -0.2) is 9.37 Å². The zero-order valence-electron chi connectivity index (χ0n) is 17.1. The largest absolute Gasteiger partial charge is 0.390 e. The first-order valence-electron chi connectivity index (χ1n) is 10.7. The van der Waals surface area contributed by atoms with Gasteiger partial charge >= 0.3 is 0 Å². The summed E-state index contributed by atoms with van der Waals surface area (Å²) in [5.74, 6) is 0.0000316. The lowest BCUT2D eigenvalue weighted by atomic mass is 9.72. The van der Waals surface area contributed by atoms with Gasteiger partial charge in [0.2, 0.25) is 0 Å². The van der Waals surface area contributed by atoms with Crippen LogP contribution in [0.1, 0.15) is 60.8 Å². The van der Waals surface area contributed by atoms with Crippen LogP contribution in [0.5, 0.6) is 0 Å². The molecule has 2 aliphatic rings. The molecule has 0 radical (unpaired) electrons. The summed E-state index contributed by atoms with van der Waals surface area (Å²) < 4.78 is 16.6. The predicted molar refractivity (Wildman–Crippen MR) is 114 cm³/mol. The molecule has 1 aromatic heterocycles. The molecule has 1 saturated carbocycles. The first-order chi connectivity index (χ1) is 15.0. The van der Waals surface area contributed by atoms with Crippen molar-refractivity contribution in [1.29, 1.82) is 5.26 Å². The number of aliphatic hydroxyl groups excluding tert-OH is 1. The highest BCUT2D eigenvalue weighted by Crippen LogP contribution is 2.46. The van der Waals surface area contributed by atoms with Crippen LogP contribution in [0.25, 0.3) is 11.3 Å². The second kappa shape index (κ2) is 7.60. The second-order valence-corrected chi connectivity index (χ2v) is 8.77. The van der Waals surface area contributed by atoms with Crippen LogP contribution in [-0.4, -0.2) is 31.5 Å². The number of hydrogen-bond acceptors (Lipinski definition) is 4. The Morgan fingerprint density at radius 2 is 1.94 bits per heavy atom. The fraction of sp³-hybridized carbons (Fsp3) is 0.360. The summed E-state index contributed by atoms with van der Waals surface area (Å²) >= 11 is 0. The summed E-state index contributed by atoms with van der Waals surface area (Å²) in [4.78, 5) is 4.19. The van der Waals surface area contributed by atoms with E-state index >= 15 is 0 Å². The Morgan fingerprint density at radius 3 is 2.65 bits per heavy atom. The molecule has 1 aliphatic carbocycles. The second-order valence-electron chi connectivity index (χ2n) is 8.77. The Hall–Kier alpha value is -3.01. The van der Waals surface area contributed by atoms with Gasteiger partial charge in [-0.05, 0) is 55.4 Å². The van der Waals surface area contributed by atoms with Gasteiger partial charge in [0, 0.05) is 17.5 Å². The molecule has 1 aliphatic heterocycles. The van der Waals surface area contributed by atoms with Gasteiger partial charge in [0.25, 0.3) is 0 Å². The van der Waals surface area contributed by atoms with Crippen molar-refractivity contribution >= 4 is 0 Å². The highest BCUT2D eigenvalue weighted by molar-refractivity contribution is 5.69. The van der Waals surface area contributed by atoms with Crippen LogP contribution in [0, 0.1) is 17.1 Å². The van der Waals surface area contributed by atoms with Crippen molar-refractivity contribution in [1.82, 2.24) is 9.55 Å². The molecule has 5 rings (SSSR count). The minimum atomic E-state index is -1.20. The van der Waals surface area contributed by atoms with E-state index in [9.17, 15) is 14.6 Å². The van der Waals surface area contributed by atoms with Crippen molar-refractivity contribution < 1.29 is 14.6 Å².